The summed E-state index contributed by atoms with van der Waals surface area (Å²) in [7, 11) is 0. The number of nitrogens with zero attached hydrogens (tertiary/aromatic N) is 2. The predicted molar refractivity (Wildman–Crippen MR) is 112 cm³/mol. The van der Waals surface area contributed by atoms with E-state index in [1.54, 1.807) is 6.07 Å². The monoisotopic (exact) mass is 396 g/mol. The van der Waals surface area contributed by atoms with Gasteiger partial charge in [0, 0.05) is 43.6 Å². The number of nitrogens with one attached hydrogen (secondary N) is 2. The van der Waals surface area contributed by atoms with E-state index in [4.69, 9.17) is 4.74 Å². The van der Waals surface area contributed by atoms with Crippen molar-refractivity contribution in [1.82, 2.24) is 15.1 Å². The second-order valence-corrected chi connectivity index (χ2v) is 8.07. The summed E-state index contributed by atoms with van der Waals surface area (Å²) < 4.78 is 5.57. The second kappa shape index (κ2) is 8.88. The topological polar surface area (TPSA) is 87.3 Å². The van der Waals surface area contributed by atoms with Crippen molar-refractivity contribution < 1.29 is 9.53 Å². The van der Waals surface area contributed by atoms with Gasteiger partial charge < -0.3 is 10.1 Å². The largest absolute Gasteiger partial charge is 0.380 e. The van der Waals surface area contributed by atoms with Gasteiger partial charge in [-0.15, -0.1) is 0 Å². The molecule has 1 amide bonds. The van der Waals surface area contributed by atoms with Gasteiger partial charge in [0.15, 0.2) is 0 Å². The quantitative estimate of drug-likeness (QED) is 0.811. The van der Waals surface area contributed by atoms with Crippen molar-refractivity contribution >= 4 is 11.6 Å². The summed E-state index contributed by atoms with van der Waals surface area (Å²) in [5.74, 6) is 0.103. The number of carbonyl (C=O) groups is 1. The average molecular weight is 396 g/mol. The molecule has 1 aliphatic carbocycles. The van der Waals surface area contributed by atoms with Crippen molar-refractivity contribution in [1.29, 1.82) is 0 Å². The SMILES string of the molecule is O=C(Nc1cccc(-c2ccc(=O)[nH]n2)c1)C1(CN2CCCOCC2)CCCC1. The molecule has 0 unspecified atom stereocenters. The molecule has 2 aromatic rings. The minimum absolute atomic E-state index is 0.103. The van der Waals surface area contributed by atoms with Crippen LogP contribution in [0.2, 0.25) is 0 Å². The Kier molecular flexibility index (Phi) is 6.06. The Labute approximate surface area is 170 Å². The van der Waals surface area contributed by atoms with Crippen molar-refractivity contribution in [2.75, 3.05) is 38.2 Å². The fourth-order valence-electron chi connectivity index (χ4n) is 4.42. The van der Waals surface area contributed by atoms with E-state index in [0.29, 0.717) is 5.69 Å². The summed E-state index contributed by atoms with van der Waals surface area (Å²) in [5.41, 5.74) is 1.70. The third-order valence-electron chi connectivity index (χ3n) is 5.98. The van der Waals surface area contributed by atoms with Crippen molar-refractivity contribution in [3.63, 3.8) is 0 Å². The molecule has 1 saturated carbocycles. The van der Waals surface area contributed by atoms with Gasteiger partial charge in [0.1, 0.15) is 0 Å². The number of hydrogen-bond donors (Lipinski definition) is 2. The van der Waals surface area contributed by atoms with Crippen LogP contribution in [0.25, 0.3) is 11.3 Å². The predicted octanol–water partition coefficient (Wildman–Crippen LogP) is 2.66. The highest BCUT2D eigenvalue weighted by atomic mass is 16.5. The third-order valence-corrected chi connectivity index (χ3v) is 5.98. The molecule has 2 heterocycles. The Morgan fingerprint density at radius 1 is 1.14 bits per heavy atom. The van der Waals surface area contributed by atoms with Gasteiger partial charge in [0.2, 0.25) is 5.91 Å². The lowest BCUT2D eigenvalue weighted by Crippen LogP contribution is -2.45. The number of carbonyl (C=O) groups excluding carboxylic acids is 1. The molecular weight excluding hydrogens is 368 g/mol. The van der Waals surface area contributed by atoms with Gasteiger partial charge >= 0.3 is 0 Å². The smallest absolute Gasteiger partial charge is 0.264 e. The van der Waals surface area contributed by atoms with E-state index in [1.165, 1.54) is 6.07 Å². The van der Waals surface area contributed by atoms with Crippen molar-refractivity contribution in [3.05, 3.63) is 46.8 Å². The summed E-state index contributed by atoms with van der Waals surface area (Å²) >= 11 is 0. The molecule has 154 valence electrons. The number of aromatic amines is 1. The molecule has 1 aromatic heterocycles. The van der Waals surface area contributed by atoms with E-state index in [-0.39, 0.29) is 16.9 Å². The summed E-state index contributed by atoms with van der Waals surface area (Å²) in [4.78, 5) is 27.0. The number of H-pyrrole nitrogens is 1. The van der Waals surface area contributed by atoms with Crippen LogP contribution in [0.4, 0.5) is 5.69 Å². The highest BCUT2D eigenvalue weighted by Crippen LogP contribution is 2.40. The van der Waals surface area contributed by atoms with Gasteiger partial charge in [0.25, 0.3) is 5.56 Å². The van der Waals surface area contributed by atoms with Crippen LogP contribution < -0.4 is 10.9 Å². The molecule has 2 fully saturated rings. The molecule has 2 aliphatic rings. The summed E-state index contributed by atoms with van der Waals surface area (Å²) in [6.07, 6.45) is 5.07. The second-order valence-electron chi connectivity index (χ2n) is 8.07. The summed E-state index contributed by atoms with van der Waals surface area (Å²) in [6.45, 7) is 4.22. The Hall–Kier alpha value is -2.51. The van der Waals surface area contributed by atoms with E-state index in [9.17, 15) is 9.59 Å². The number of benzene rings is 1. The first-order valence-electron chi connectivity index (χ1n) is 10.4. The lowest BCUT2D eigenvalue weighted by Gasteiger charge is -2.33. The van der Waals surface area contributed by atoms with Crippen molar-refractivity contribution in [2.45, 2.75) is 32.1 Å². The first kappa shape index (κ1) is 19.8. The van der Waals surface area contributed by atoms with Gasteiger partial charge in [-0.3, -0.25) is 14.5 Å². The molecule has 1 aromatic carbocycles. The fraction of sp³-hybridized carbons (Fsp3) is 0.500. The summed E-state index contributed by atoms with van der Waals surface area (Å²) in [6, 6.07) is 10.7. The molecule has 2 N–H and O–H groups in total. The maximum absolute atomic E-state index is 13.4. The Balaban J connectivity index is 1.50. The van der Waals surface area contributed by atoms with Gasteiger partial charge in [0.05, 0.1) is 17.7 Å². The first-order valence-corrected chi connectivity index (χ1v) is 10.4. The minimum Gasteiger partial charge on any atom is -0.380 e. The van der Waals surface area contributed by atoms with Crippen LogP contribution in [0, 0.1) is 5.41 Å². The maximum Gasteiger partial charge on any atom is 0.264 e. The number of hydrogen-bond acceptors (Lipinski definition) is 5. The molecule has 0 atom stereocenters. The zero-order valence-corrected chi connectivity index (χ0v) is 16.7. The van der Waals surface area contributed by atoms with Crippen LogP contribution in [0.3, 0.4) is 0 Å². The zero-order valence-electron chi connectivity index (χ0n) is 16.7. The molecule has 4 rings (SSSR count). The van der Waals surface area contributed by atoms with Crippen molar-refractivity contribution in [2.24, 2.45) is 5.41 Å². The molecule has 7 heteroatoms. The third kappa shape index (κ3) is 4.74. The molecule has 29 heavy (non-hydrogen) atoms. The van der Waals surface area contributed by atoms with Crippen LogP contribution in [0.15, 0.2) is 41.2 Å². The summed E-state index contributed by atoms with van der Waals surface area (Å²) in [5, 5.41) is 9.68. The molecular formula is C22H28N4O3. The highest BCUT2D eigenvalue weighted by molar-refractivity contribution is 5.96. The number of rotatable bonds is 5. The van der Waals surface area contributed by atoms with Gasteiger partial charge in [-0.1, -0.05) is 25.0 Å². The molecule has 1 aliphatic heterocycles. The lowest BCUT2D eigenvalue weighted by atomic mass is 9.84. The Morgan fingerprint density at radius 2 is 2.00 bits per heavy atom. The highest BCUT2D eigenvalue weighted by Gasteiger charge is 2.42. The fourth-order valence-corrected chi connectivity index (χ4v) is 4.42. The van der Waals surface area contributed by atoms with Gasteiger partial charge in [-0.2, -0.15) is 5.10 Å². The van der Waals surface area contributed by atoms with Gasteiger partial charge in [-0.25, -0.2) is 5.10 Å². The standard InChI is InChI=1S/C22H28N4O3/c27-20-8-7-19(24-25-20)17-5-3-6-18(15-17)23-21(28)22(9-1-2-10-22)16-26-11-4-13-29-14-12-26/h3,5-8,15H,1-2,4,9-14,16H2,(H,23,28)(H,25,27). The van der Waals surface area contributed by atoms with Crippen LogP contribution in [0.5, 0.6) is 0 Å². The molecule has 0 bridgehead atoms. The molecule has 7 nitrogen and oxygen atoms in total. The normalized spacial score (nSPS) is 19.6. The van der Waals surface area contributed by atoms with E-state index in [2.05, 4.69) is 20.4 Å². The zero-order chi connectivity index (χ0) is 20.1. The van der Waals surface area contributed by atoms with Crippen molar-refractivity contribution in [3.8, 4) is 11.3 Å². The number of anilines is 1. The average Bonchev–Trinajstić information content (AvgIpc) is 3.06. The number of amides is 1. The number of aromatic nitrogens is 2. The van der Waals surface area contributed by atoms with E-state index < -0.39 is 0 Å². The molecule has 1 saturated heterocycles. The van der Waals surface area contributed by atoms with E-state index >= 15 is 0 Å². The van der Waals surface area contributed by atoms with Crippen LogP contribution in [-0.4, -0.2) is 53.9 Å². The maximum atomic E-state index is 13.4. The minimum atomic E-state index is -0.337. The molecule has 0 spiro atoms. The Bertz CT molecular complexity index is 876. The number of ether oxygens (including phenoxy) is 1. The Morgan fingerprint density at radius 3 is 2.79 bits per heavy atom. The lowest BCUT2D eigenvalue weighted by molar-refractivity contribution is -0.126. The van der Waals surface area contributed by atoms with E-state index in [0.717, 1.165) is 76.2 Å². The van der Waals surface area contributed by atoms with Crippen LogP contribution in [-0.2, 0) is 9.53 Å². The first-order chi connectivity index (χ1) is 14.1. The van der Waals surface area contributed by atoms with Gasteiger partial charge in [-0.05, 0) is 37.5 Å². The van der Waals surface area contributed by atoms with Crippen LogP contribution >= 0.6 is 0 Å². The van der Waals surface area contributed by atoms with Crippen LogP contribution in [0.1, 0.15) is 32.1 Å². The molecule has 0 radical (unpaired) electrons. The van der Waals surface area contributed by atoms with E-state index in [1.807, 2.05) is 24.3 Å².